The van der Waals surface area contributed by atoms with Gasteiger partial charge in [0.05, 0.1) is 18.1 Å². The highest BCUT2D eigenvalue weighted by molar-refractivity contribution is 9.10. The predicted molar refractivity (Wildman–Crippen MR) is 81.8 cm³/mol. The van der Waals surface area contributed by atoms with Gasteiger partial charge in [-0.2, -0.15) is 5.10 Å². The van der Waals surface area contributed by atoms with Crippen LogP contribution in [0.3, 0.4) is 0 Å². The highest BCUT2D eigenvalue weighted by atomic mass is 79.9. The van der Waals surface area contributed by atoms with Crippen LogP contribution >= 0.6 is 15.9 Å². The van der Waals surface area contributed by atoms with E-state index in [0.29, 0.717) is 6.42 Å². The van der Waals surface area contributed by atoms with Gasteiger partial charge in [-0.15, -0.1) is 0 Å². The number of amides is 3. The lowest BCUT2D eigenvalue weighted by atomic mass is 10.0. The number of aromatic nitrogens is 2. The summed E-state index contributed by atoms with van der Waals surface area (Å²) in [5, 5.41) is 12.6. The van der Waals surface area contributed by atoms with Gasteiger partial charge in [-0.25, -0.2) is 0 Å². The number of hydrogen-bond acceptors (Lipinski definition) is 4. The zero-order chi connectivity index (χ0) is 15.7. The molecule has 3 N–H and O–H groups in total. The number of nitrogens with zero attached hydrogens (tertiary/aromatic N) is 1. The van der Waals surface area contributed by atoms with Crippen molar-refractivity contribution in [1.82, 2.24) is 20.8 Å². The molecule has 3 rings (SSSR count). The van der Waals surface area contributed by atoms with Crippen LogP contribution < -0.4 is 10.6 Å². The Bertz CT molecular complexity index is 771. The molecule has 0 radical (unpaired) electrons. The lowest BCUT2D eigenvalue weighted by Crippen LogP contribution is -2.52. The minimum absolute atomic E-state index is 0.121. The fraction of sp³-hybridized carbons (Fsp3) is 0.286. The number of carbonyl (C=O) groups excluding carboxylic acids is 3. The molecule has 1 aromatic heterocycles. The third-order valence-corrected chi connectivity index (χ3v) is 3.98. The number of piperidine rings is 1. The number of hydrogen-bond donors (Lipinski definition) is 3. The molecule has 114 valence electrons. The normalized spacial score (nSPS) is 18.3. The summed E-state index contributed by atoms with van der Waals surface area (Å²) in [6.07, 6.45) is 2.37. The average Bonchev–Trinajstić information content (AvgIpc) is 2.90. The van der Waals surface area contributed by atoms with E-state index in [1.54, 1.807) is 6.20 Å². The van der Waals surface area contributed by atoms with Gasteiger partial charge in [0.2, 0.25) is 17.7 Å². The molecule has 1 saturated heterocycles. The van der Waals surface area contributed by atoms with Gasteiger partial charge in [0, 0.05) is 16.3 Å². The number of H-pyrrole nitrogens is 1. The number of rotatable bonds is 3. The second-order valence-electron chi connectivity index (χ2n) is 5.15. The van der Waals surface area contributed by atoms with Crippen molar-refractivity contribution in [2.24, 2.45) is 0 Å². The van der Waals surface area contributed by atoms with Crippen LogP contribution in [0.4, 0.5) is 0 Å². The lowest BCUT2D eigenvalue weighted by molar-refractivity contribution is -0.137. The van der Waals surface area contributed by atoms with Crippen molar-refractivity contribution in [3.63, 3.8) is 0 Å². The maximum absolute atomic E-state index is 12.2. The van der Waals surface area contributed by atoms with E-state index < -0.39 is 11.9 Å². The fourth-order valence-corrected chi connectivity index (χ4v) is 3.00. The molecular weight excluding hydrogens is 352 g/mol. The number of imide groups is 1. The molecule has 1 aromatic carbocycles. The summed E-state index contributed by atoms with van der Waals surface area (Å²) in [5.74, 6) is -1.03. The Morgan fingerprint density at radius 2 is 2.23 bits per heavy atom. The van der Waals surface area contributed by atoms with E-state index in [2.05, 4.69) is 36.8 Å². The second-order valence-corrected chi connectivity index (χ2v) is 6.06. The fourth-order valence-electron chi connectivity index (χ4n) is 2.48. The van der Waals surface area contributed by atoms with E-state index in [1.807, 2.05) is 12.1 Å². The average molecular weight is 365 g/mol. The molecule has 8 heteroatoms. The molecule has 7 nitrogen and oxygen atoms in total. The molecule has 1 atom stereocenters. The summed E-state index contributed by atoms with van der Waals surface area (Å²) in [7, 11) is 0. The van der Waals surface area contributed by atoms with Crippen LogP contribution in [0.2, 0.25) is 0 Å². The number of benzene rings is 1. The molecule has 2 heterocycles. The van der Waals surface area contributed by atoms with Gasteiger partial charge >= 0.3 is 0 Å². The Morgan fingerprint density at radius 3 is 3.00 bits per heavy atom. The largest absolute Gasteiger partial charge is 0.344 e. The van der Waals surface area contributed by atoms with Crippen LogP contribution in [0.5, 0.6) is 0 Å². The maximum Gasteiger partial charge on any atom is 0.249 e. The first kappa shape index (κ1) is 14.7. The molecule has 1 fully saturated rings. The van der Waals surface area contributed by atoms with Crippen molar-refractivity contribution in [3.8, 4) is 0 Å². The SMILES string of the molecule is O=C1CCC(NC(=O)Cc2cc(Br)cc3cn[nH]c23)C(=O)N1. The zero-order valence-corrected chi connectivity index (χ0v) is 13.1. The smallest absolute Gasteiger partial charge is 0.249 e. The molecule has 1 unspecified atom stereocenters. The van der Waals surface area contributed by atoms with Gasteiger partial charge in [0.15, 0.2) is 0 Å². The van der Waals surface area contributed by atoms with Crippen LogP contribution in [0.1, 0.15) is 18.4 Å². The topological polar surface area (TPSA) is 104 Å². The van der Waals surface area contributed by atoms with E-state index >= 15 is 0 Å². The lowest BCUT2D eigenvalue weighted by Gasteiger charge is -2.21. The van der Waals surface area contributed by atoms with E-state index in [4.69, 9.17) is 0 Å². The monoisotopic (exact) mass is 364 g/mol. The maximum atomic E-state index is 12.2. The molecule has 0 bridgehead atoms. The molecule has 0 spiro atoms. The standard InChI is InChI=1S/C14H13BrN4O3/c15-9-3-7(13-8(4-9)6-16-19-13)5-12(21)17-10-1-2-11(20)18-14(10)22/h3-4,6,10H,1-2,5H2,(H,16,19)(H,17,21)(H,18,20,22). The number of carbonyl (C=O) groups is 3. The van der Waals surface area contributed by atoms with Gasteiger partial charge in [-0.05, 0) is 24.1 Å². The van der Waals surface area contributed by atoms with Gasteiger partial charge in [0.1, 0.15) is 6.04 Å². The Hall–Kier alpha value is -2.22. The minimum Gasteiger partial charge on any atom is -0.344 e. The number of halogens is 1. The summed E-state index contributed by atoms with van der Waals surface area (Å²) in [6, 6.07) is 3.08. The molecule has 1 aliphatic rings. The van der Waals surface area contributed by atoms with E-state index in [-0.39, 0.29) is 24.7 Å². The first-order valence-electron chi connectivity index (χ1n) is 6.77. The van der Waals surface area contributed by atoms with Crippen LogP contribution in [0.15, 0.2) is 22.8 Å². The molecule has 0 aliphatic carbocycles. The van der Waals surface area contributed by atoms with Crippen LogP contribution in [0, 0.1) is 0 Å². The minimum atomic E-state index is -0.658. The molecule has 22 heavy (non-hydrogen) atoms. The first-order chi connectivity index (χ1) is 10.5. The van der Waals surface area contributed by atoms with Crippen molar-refractivity contribution < 1.29 is 14.4 Å². The van der Waals surface area contributed by atoms with Crippen LogP contribution in [-0.4, -0.2) is 34.0 Å². The van der Waals surface area contributed by atoms with Gasteiger partial charge in [0.25, 0.3) is 0 Å². The summed E-state index contributed by atoms with van der Waals surface area (Å²) in [4.78, 5) is 34.9. The Kier molecular flexibility index (Phi) is 3.93. The van der Waals surface area contributed by atoms with E-state index in [9.17, 15) is 14.4 Å². The van der Waals surface area contributed by atoms with E-state index in [1.165, 1.54) is 0 Å². The summed E-state index contributed by atoms with van der Waals surface area (Å²) >= 11 is 3.40. The van der Waals surface area contributed by atoms with E-state index in [0.717, 1.165) is 20.9 Å². The molecule has 2 aromatic rings. The number of aromatic amines is 1. The van der Waals surface area contributed by atoms with Gasteiger partial charge in [-0.3, -0.25) is 24.8 Å². The first-order valence-corrected chi connectivity index (χ1v) is 7.57. The molecular formula is C14H13BrN4O3. The third kappa shape index (κ3) is 3.01. The third-order valence-electron chi connectivity index (χ3n) is 3.52. The number of fused-ring (bicyclic) bond motifs is 1. The van der Waals surface area contributed by atoms with Gasteiger partial charge in [-0.1, -0.05) is 15.9 Å². The summed E-state index contributed by atoms with van der Waals surface area (Å²) < 4.78 is 0.852. The Labute approximate surface area is 134 Å². The highest BCUT2D eigenvalue weighted by Gasteiger charge is 2.27. The quantitative estimate of drug-likeness (QED) is 0.700. The number of nitrogens with one attached hydrogen (secondary N) is 3. The predicted octanol–water partition coefficient (Wildman–Crippen LogP) is 0.789. The second kappa shape index (κ2) is 5.88. The molecule has 1 aliphatic heterocycles. The van der Waals surface area contributed by atoms with Crippen LogP contribution in [-0.2, 0) is 20.8 Å². The van der Waals surface area contributed by atoms with Crippen molar-refractivity contribution in [3.05, 3.63) is 28.4 Å². The van der Waals surface area contributed by atoms with Gasteiger partial charge < -0.3 is 5.32 Å². The van der Waals surface area contributed by atoms with Crippen molar-refractivity contribution in [2.45, 2.75) is 25.3 Å². The zero-order valence-electron chi connectivity index (χ0n) is 11.5. The highest BCUT2D eigenvalue weighted by Crippen LogP contribution is 2.23. The van der Waals surface area contributed by atoms with Crippen LogP contribution in [0.25, 0.3) is 10.9 Å². The van der Waals surface area contributed by atoms with Crippen molar-refractivity contribution in [1.29, 1.82) is 0 Å². The molecule has 3 amide bonds. The summed E-state index contributed by atoms with van der Waals surface area (Å²) in [5.41, 5.74) is 1.58. The van der Waals surface area contributed by atoms with Crippen molar-refractivity contribution >= 4 is 44.6 Å². The summed E-state index contributed by atoms with van der Waals surface area (Å²) in [6.45, 7) is 0. The Morgan fingerprint density at radius 1 is 1.41 bits per heavy atom. The Balaban J connectivity index is 1.72. The molecule has 0 saturated carbocycles. The van der Waals surface area contributed by atoms with Crippen molar-refractivity contribution in [2.75, 3.05) is 0 Å².